The van der Waals surface area contributed by atoms with Crippen LogP contribution in [-0.4, -0.2) is 9.13 Å². The zero-order valence-electron chi connectivity index (χ0n) is 24.9. The molecule has 0 spiro atoms. The molecule has 3 heteroatoms. The van der Waals surface area contributed by atoms with Crippen molar-refractivity contribution in [1.29, 1.82) is 5.26 Å². The van der Waals surface area contributed by atoms with Crippen molar-refractivity contribution in [2.45, 2.75) is 0 Å². The average Bonchev–Trinajstić information content (AvgIpc) is 3.64. The Morgan fingerprint density at radius 2 is 0.804 bits per heavy atom. The summed E-state index contributed by atoms with van der Waals surface area (Å²) >= 11 is 0. The van der Waals surface area contributed by atoms with Gasteiger partial charge in [0.15, 0.2) is 0 Å². The molecule has 7 aromatic carbocycles. The molecular formula is C43H27N3. The zero-order chi connectivity index (χ0) is 30.6. The highest BCUT2D eigenvalue weighted by molar-refractivity contribution is 6.13. The minimum Gasteiger partial charge on any atom is -0.309 e. The third-order valence-electron chi connectivity index (χ3n) is 9.15. The fourth-order valence-corrected chi connectivity index (χ4v) is 6.98. The molecule has 0 radical (unpaired) electrons. The summed E-state index contributed by atoms with van der Waals surface area (Å²) in [5.74, 6) is 0. The first kappa shape index (κ1) is 26.1. The van der Waals surface area contributed by atoms with Gasteiger partial charge in [-0.05, 0) is 95.1 Å². The fourth-order valence-electron chi connectivity index (χ4n) is 6.98. The summed E-state index contributed by atoms with van der Waals surface area (Å²) < 4.78 is 4.73. The summed E-state index contributed by atoms with van der Waals surface area (Å²) in [6.45, 7) is 0. The second-order valence-corrected chi connectivity index (χ2v) is 11.7. The monoisotopic (exact) mass is 585 g/mol. The van der Waals surface area contributed by atoms with Gasteiger partial charge in [-0.2, -0.15) is 5.26 Å². The number of para-hydroxylation sites is 3. The van der Waals surface area contributed by atoms with Crippen LogP contribution in [0.25, 0.3) is 77.2 Å². The van der Waals surface area contributed by atoms with Crippen LogP contribution in [0.3, 0.4) is 0 Å². The molecule has 9 aromatic rings. The first-order valence-electron chi connectivity index (χ1n) is 15.5. The highest BCUT2D eigenvalue weighted by Crippen LogP contribution is 2.39. The highest BCUT2D eigenvalue weighted by atomic mass is 15.0. The molecule has 0 aliphatic carbocycles. The van der Waals surface area contributed by atoms with Gasteiger partial charge in [-0.15, -0.1) is 0 Å². The molecule has 0 aliphatic rings. The van der Waals surface area contributed by atoms with Crippen LogP contribution in [0, 0.1) is 11.3 Å². The molecule has 0 saturated heterocycles. The molecule has 2 aromatic heterocycles. The van der Waals surface area contributed by atoms with E-state index in [4.69, 9.17) is 0 Å². The molecule has 0 amide bonds. The molecule has 0 saturated carbocycles. The van der Waals surface area contributed by atoms with Gasteiger partial charge < -0.3 is 9.13 Å². The van der Waals surface area contributed by atoms with Crippen LogP contribution >= 0.6 is 0 Å². The van der Waals surface area contributed by atoms with E-state index in [1.807, 2.05) is 24.3 Å². The number of fused-ring (bicyclic) bond motifs is 6. The summed E-state index contributed by atoms with van der Waals surface area (Å²) in [5.41, 5.74) is 12.3. The Morgan fingerprint density at radius 1 is 0.348 bits per heavy atom. The van der Waals surface area contributed by atoms with Gasteiger partial charge in [-0.25, -0.2) is 0 Å². The van der Waals surface area contributed by atoms with Crippen molar-refractivity contribution >= 4 is 43.6 Å². The Bertz CT molecular complexity index is 2620. The zero-order valence-corrected chi connectivity index (χ0v) is 24.9. The lowest BCUT2D eigenvalue weighted by Gasteiger charge is -2.10. The van der Waals surface area contributed by atoms with Gasteiger partial charge in [0, 0.05) is 32.9 Å². The molecule has 9 rings (SSSR count). The van der Waals surface area contributed by atoms with Crippen LogP contribution in [0.1, 0.15) is 5.56 Å². The van der Waals surface area contributed by atoms with Crippen molar-refractivity contribution in [3.63, 3.8) is 0 Å². The Morgan fingerprint density at radius 3 is 1.43 bits per heavy atom. The van der Waals surface area contributed by atoms with Crippen molar-refractivity contribution in [3.05, 3.63) is 169 Å². The average molecular weight is 586 g/mol. The number of rotatable bonds is 4. The number of hydrogen-bond acceptors (Lipinski definition) is 1. The predicted molar refractivity (Wildman–Crippen MR) is 191 cm³/mol. The SMILES string of the molecule is N#Cc1ccc(-c2ccc3c(c2)c2cc(-c4ccc5c6ccccc6n(-c6ccccc6)c5c4)ccc2n3-c2ccccc2)cc1. The lowest BCUT2D eigenvalue weighted by atomic mass is 9.99. The van der Waals surface area contributed by atoms with Crippen molar-refractivity contribution in [1.82, 2.24) is 9.13 Å². The Hall–Kier alpha value is -6.37. The van der Waals surface area contributed by atoms with E-state index in [0.29, 0.717) is 5.56 Å². The molecule has 0 aliphatic heterocycles. The third kappa shape index (κ3) is 4.05. The van der Waals surface area contributed by atoms with Crippen molar-refractivity contribution in [2.75, 3.05) is 0 Å². The van der Waals surface area contributed by atoms with Gasteiger partial charge in [-0.3, -0.25) is 0 Å². The van der Waals surface area contributed by atoms with Crippen molar-refractivity contribution in [3.8, 4) is 39.7 Å². The van der Waals surface area contributed by atoms with E-state index in [2.05, 4.69) is 155 Å². The van der Waals surface area contributed by atoms with E-state index in [1.165, 1.54) is 49.2 Å². The largest absolute Gasteiger partial charge is 0.309 e. The Labute approximate surface area is 266 Å². The molecule has 2 heterocycles. The molecule has 0 N–H and O–H groups in total. The van der Waals surface area contributed by atoms with Crippen LogP contribution in [0.15, 0.2) is 164 Å². The van der Waals surface area contributed by atoms with Gasteiger partial charge in [0.25, 0.3) is 0 Å². The molecule has 214 valence electrons. The van der Waals surface area contributed by atoms with Gasteiger partial charge >= 0.3 is 0 Å². The second-order valence-electron chi connectivity index (χ2n) is 11.7. The lowest BCUT2D eigenvalue weighted by Crippen LogP contribution is -1.93. The van der Waals surface area contributed by atoms with E-state index in [0.717, 1.165) is 28.0 Å². The molecule has 0 atom stereocenters. The summed E-state index contributed by atoms with van der Waals surface area (Å²) in [5, 5.41) is 14.2. The molecule has 46 heavy (non-hydrogen) atoms. The van der Waals surface area contributed by atoms with Crippen LogP contribution in [0.2, 0.25) is 0 Å². The van der Waals surface area contributed by atoms with Gasteiger partial charge in [0.05, 0.1) is 33.7 Å². The smallest absolute Gasteiger partial charge is 0.0991 e. The number of benzene rings is 7. The first-order chi connectivity index (χ1) is 22.8. The quantitative estimate of drug-likeness (QED) is 0.202. The van der Waals surface area contributed by atoms with Crippen LogP contribution < -0.4 is 0 Å². The third-order valence-corrected chi connectivity index (χ3v) is 9.15. The standard InChI is InChI=1S/C43H27N3/c44-28-29-15-17-30(18-16-29)31-20-23-41-38(25-31)39-26-32(21-24-42(39)45(41)34-9-3-1-4-10-34)33-19-22-37-36-13-7-8-14-40(36)46(43(37)27-33)35-11-5-2-6-12-35/h1-27H. The van der Waals surface area contributed by atoms with Crippen LogP contribution in [-0.2, 0) is 0 Å². The molecule has 0 fully saturated rings. The maximum Gasteiger partial charge on any atom is 0.0991 e. The molecule has 0 bridgehead atoms. The van der Waals surface area contributed by atoms with E-state index in [9.17, 15) is 5.26 Å². The molecule has 0 unspecified atom stereocenters. The van der Waals surface area contributed by atoms with E-state index < -0.39 is 0 Å². The second kappa shape index (κ2) is 10.4. The molecular weight excluding hydrogens is 558 g/mol. The molecule has 3 nitrogen and oxygen atoms in total. The Kier molecular flexibility index (Phi) is 5.88. The minimum absolute atomic E-state index is 0.665. The van der Waals surface area contributed by atoms with Crippen LogP contribution in [0.4, 0.5) is 0 Å². The number of hydrogen-bond donors (Lipinski definition) is 0. The minimum atomic E-state index is 0.665. The number of nitriles is 1. The summed E-state index contributed by atoms with van der Waals surface area (Å²) in [6.07, 6.45) is 0. The summed E-state index contributed by atoms with van der Waals surface area (Å²) in [4.78, 5) is 0. The van der Waals surface area contributed by atoms with Crippen molar-refractivity contribution in [2.24, 2.45) is 0 Å². The number of aromatic nitrogens is 2. The topological polar surface area (TPSA) is 33.6 Å². The van der Waals surface area contributed by atoms with Crippen LogP contribution in [0.5, 0.6) is 0 Å². The van der Waals surface area contributed by atoms with E-state index in [1.54, 1.807) is 0 Å². The van der Waals surface area contributed by atoms with Gasteiger partial charge in [0.1, 0.15) is 0 Å². The summed E-state index contributed by atoms with van der Waals surface area (Å²) in [7, 11) is 0. The highest BCUT2D eigenvalue weighted by Gasteiger charge is 2.16. The predicted octanol–water partition coefficient (Wildman–Crippen LogP) is 11.1. The fraction of sp³-hybridized carbons (Fsp3) is 0. The van der Waals surface area contributed by atoms with Gasteiger partial charge in [-0.1, -0.05) is 91.0 Å². The Balaban J connectivity index is 1.28. The normalized spacial score (nSPS) is 11.5. The van der Waals surface area contributed by atoms with Crippen molar-refractivity contribution < 1.29 is 0 Å². The lowest BCUT2D eigenvalue weighted by molar-refractivity contribution is 1.18. The number of nitrogens with zero attached hydrogens (tertiary/aromatic N) is 3. The van der Waals surface area contributed by atoms with E-state index >= 15 is 0 Å². The first-order valence-corrected chi connectivity index (χ1v) is 15.5. The summed E-state index contributed by atoms with van der Waals surface area (Å²) in [6, 6.07) is 60.3. The van der Waals surface area contributed by atoms with E-state index in [-0.39, 0.29) is 0 Å². The maximum absolute atomic E-state index is 9.30. The van der Waals surface area contributed by atoms with Gasteiger partial charge in [0.2, 0.25) is 0 Å². The maximum atomic E-state index is 9.30.